The Morgan fingerprint density at radius 1 is 0.906 bits per heavy atom. The molecule has 1 fully saturated rings. The number of allylic oxidation sites excluding steroid dienone is 1. The van der Waals surface area contributed by atoms with Crippen LogP contribution >= 0.6 is 0 Å². The number of methoxy groups -OCH3 is 1. The molecule has 11 nitrogen and oxygen atoms in total. The molecule has 1 aliphatic heterocycles. The van der Waals surface area contributed by atoms with Gasteiger partial charge in [-0.25, -0.2) is 0 Å². The van der Waals surface area contributed by atoms with E-state index in [-0.39, 0.29) is 22.8 Å². The van der Waals surface area contributed by atoms with Crippen LogP contribution in [0.25, 0.3) is 6.08 Å². The topological polar surface area (TPSA) is 186 Å². The molecule has 2 aromatic rings. The van der Waals surface area contributed by atoms with Crippen LogP contribution in [0.15, 0.2) is 36.4 Å². The molecule has 3 rings (SSSR count). The summed E-state index contributed by atoms with van der Waals surface area (Å²) in [6, 6.07) is 6.20. The molecular formula is C21H22O11. The fraction of sp³-hybridized carbons (Fsp3) is 0.286. The molecule has 0 amide bonds. The Hall–Kier alpha value is -3.35. The number of carbonyl (C=O) groups is 1. The minimum Gasteiger partial charge on any atom is -0.504 e. The van der Waals surface area contributed by atoms with Gasteiger partial charge in [0.1, 0.15) is 18.3 Å². The minimum atomic E-state index is -1.70. The summed E-state index contributed by atoms with van der Waals surface area (Å²) >= 11 is 0. The largest absolute Gasteiger partial charge is 0.504 e. The van der Waals surface area contributed by atoms with Gasteiger partial charge in [-0.2, -0.15) is 0 Å². The monoisotopic (exact) mass is 450 g/mol. The summed E-state index contributed by atoms with van der Waals surface area (Å²) in [5.74, 6) is -3.38. The van der Waals surface area contributed by atoms with E-state index in [0.29, 0.717) is 5.56 Å². The smallest absolute Gasteiger partial charge is 0.231 e. The number of ether oxygens (including phenoxy) is 3. The molecule has 1 aliphatic rings. The number of aromatic hydroxyl groups is 4. The Bertz CT molecular complexity index is 1020. The number of benzene rings is 2. The Kier molecular flexibility index (Phi) is 6.87. The molecule has 172 valence electrons. The molecular weight excluding hydrogens is 428 g/mol. The Balaban J connectivity index is 1.78. The number of aliphatic hydroxyl groups is 3. The molecule has 2 aromatic carbocycles. The highest BCUT2D eigenvalue weighted by Gasteiger charge is 2.45. The van der Waals surface area contributed by atoms with E-state index in [1.165, 1.54) is 31.4 Å². The van der Waals surface area contributed by atoms with E-state index < -0.39 is 48.2 Å². The van der Waals surface area contributed by atoms with Gasteiger partial charge in [-0.1, -0.05) is 12.1 Å². The molecule has 7 N–H and O–H groups in total. The van der Waals surface area contributed by atoms with E-state index in [9.17, 15) is 40.5 Å². The lowest BCUT2D eigenvalue weighted by molar-refractivity contribution is -0.327. The van der Waals surface area contributed by atoms with Crippen molar-refractivity contribution >= 4 is 11.9 Å². The first kappa shape index (κ1) is 23.3. The van der Waals surface area contributed by atoms with Crippen molar-refractivity contribution in [2.45, 2.75) is 30.9 Å². The predicted octanol–water partition coefficient (Wildman–Crippen LogP) is 0.195. The molecule has 11 heteroatoms. The van der Waals surface area contributed by atoms with Gasteiger partial charge in [0, 0.05) is 7.11 Å². The summed E-state index contributed by atoms with van der Waals surface area (Å²) < 4.78 is 15.4. The van der Waals surface area contributed by atoms with Crippen LogP contribution in [0.2, 0.25) is 0 Å². The maximum atomic E-state index is 12.4. The Labute approximate surface area is 181 Å². The van der Waals surface area contributed by atoms with Crippen molar-refractivity contribution in [1.82, 2.24) is 0 Å². The summed E-state index contributed by atoms with van der Waals surface area (Å²) in [6.07, 6.45) is -5.39. The molecule has 1 saturated heterocycles. The molecule has 5 atom stereocenters. The van der Waals surface area contributed by atoms with Crippen LogP contribution in [0, 0.1) is 0 Å². The molecule has 0 saturated carbocycles. The maximum absolute atomic E-state index is 12.4. The zero-order valence-electron chi connectivity index (χ0n) is 16.7. The maximum Gasteiger partial charge on any atom is 0.231 e. The molecule has 0 radical (unpaired) electrons. The van der Waals surface area contributed by atoms with Gasteiger partial charge in [0.2, 0.25) is 12.0 Å². The summed E-state index contributed by atoms with van der Waals surface area (Å²) in [5.41, 5.74) is 0.124. The molecule has 1 heterocycles. The zero-order valence-corrected chi connectivity index (χ0v) is 16.7. The van der Waals surface area contributed by atoms with Crippen molar-refractivity contribution in [3.05, 3.63) is 47.5 Å². The lowest BCUT2D eigenvalue weighted by Crippen LogP contribution is -2.59. The average Bonchev–Trinajstić information content (AvgIpc) is 2.77. The number of hydrogen-bond donors (Lipinski definition) is 7. The number of hydrogen-bond acceptors (Lipinski definition) is 11. The fourth-order valence-corrected chi connectivity index (χ4v) is 3.00. The first-order chi connectivity index (χ1) is 15.1. The van der Waals surface area contributed by atoms with E-state index in [2.05, 4.69) is 0 Å². The first-order valence-corrected chi connectivity index (χ1v) is 9.32. The van der Waals surface area contributed by atoms with Crippen LogP contribution in [0.5, 0.6) is 28.7 Å². The fourth-order valence-electron chi connectivity index (χ4n) is 3.00. The van der Waals surface area contributed by atoms with E-state index >= 15 is 0 Å². The van der Waals surface area contributed by atoms with Gasteiger partial charge in [0.05, 0.1) is 5.56 Å². The number of phenols is 4. The lowest BCUT2D eigenvalue weighted by atomic mass is 10.0. The molecule has 0 bridgehead atoms. The quantitative estimate of drug-likeness (QED) is 0.181. The van der Waals surface area contributed by atoms with Crippen molar-refractivity contribution in [2.75, 3.05) is 7.11 Å². The van der Waals surface area contributed by atoms with E-state index in [4.69, 9.17) is 14.2 Å². The highest BCUT2D eigenvalue weighted by Crippen LogP contribution is 2.40. The second-order valence-electron chi connectivity index (χ2n) is 6.95. The first-order valence-electron chi connectivity index (χ1n) is 9.32. The number of aliphatic hydroxyl groups excluding tert-OH is 3. The standard InChI is InChI=1S/C21H22O11/c1-30-20-18(28)17(27)19(29)21(32-20)31-14-7-4-10(15(25)16(14)26)11(22)5-2-9-3-6-12(23)13(24)8-9/h2-8,17-21,23-29H,1H3. The van der Waals surface area contributed by atoms with Crippen molar-refractivity contribution in [2.24, 2.45) is 0 Å². The predicted molar refractivity (Wildman–Crippen MR) is 107 cm³/mol. The van der Waals surface area contributed by atoms with Gasteiger partial charge < -0.3 is 50.0 Å². The Morgan fingerprint density at radius 2 is 1.59 bits per heavy atom. The highest BCUT2D eigenvalue weighted by atomic mass is 16.8. The molecule has 0 aromatic heterocycles. The third-order valence-electron chi connectivity index (χ3n) is 4.81. The molecule has 32 heavy (non-hydrogen) atoms. The summed E-state index contributed by atoms with van der Waals surface area (Å²) in [4.78, 5) is 12.4. The van der Waals surface area contributed by atoms with E-state index in [1.54, 1.807) is 0 Å². The SMILES string of the molecule is COC1OC(Oc2ccc(C(=O)C=Cc3ccc(O)c(O)c3)c(O)c2O)C(O)C(O)C1O. The summed E-state index contributed by atoms with van der Waals surface area (Å²) in [6.45, 7) is 0. The number of ketones is 1. The van der Waals surface area contributed by atoms with Crippen LogP contribution in [0.4, 0.5) is 0 Å². The van der Waals surface area contributed by atoms with Crippen molar-refractivity contribution in [1.29, 1.82) is 0 Å². The summed E-state index contributed by atoms with van der Waals surface area (Å²) in [5, 5.41) is 69.0. The minimum absolute atomic E-state index is 0.274. The van der Waals surface area contributed by atoms with Gasteiger partial charge in [-0.3, -0.25) is 4.79 Å². The van der Waals surface area contributed by atoms with Gasteiger partial charge in [0.25, 0.3) is 0 Å². The number of rotatable bonds is 6. The zero-order chi connectivity index (χ0) is 23.6. The normalized spacial score (nSPS) is 25.7. The third-order valence-corrected chi connectivity index (χ3v) is 4.81. The van der Waals surface area contributed by atoms with Gasteiger partial charge in [0.15, 0.2) is 35.1 Å². The van der Waals surface area contributed by atoms with Crippen molar-refractivity contribution in [3.63, 3.8) is 0 Å². The average molecular weight is 450 g/mol. The second-order valence-corrected chi connectivity index (χ2v) is 6.95. The van der Waals surface area contributed by atoms with E-state index in [0.717, 1.165) is 18.2 Å². The van der Waals surface area contributed by atoms with E-state index in [1.807, 2.05) is 0 Å². The second kappa shape index (κ2) is 9.42. The summed E-state index contributed by atoms with van der Waals surface area (Å²) in [7, 11) is 1.20. The van der Waals surface area contributed by atoms with Gasteiger partial charge in [-0.15, -0.1) is 0 Å². The van der Waals surface area contributed by atoms with Gasteiger partial charge >= 0.3 is 0 Å². The van der Waals surface area contributed by atoms with Crippen LogP contribution in [0.3, 0.4) is 0 Å². The molecule has 0 aliphatic carbocycles. The van der Waals surface area contributed by atoms with Crippen molar-refractivity contribution < 1.29 is 54.8 Å². The van der Waals surface area contributed by atoms with Crippen LogP contribution < -0.4 is 4.74 Å². The molecule has 5 unspecified atom stereocenters. The van der Waals surface area contributed by atoms with Crippen molar-refractivity contribution in [3.8, 4) is 28.7 Å². The number of carbonyl (C=O) groups excluding carboxylic acids is 1. The molecule has 0 spiro atoms. The van der Waals surface area contributed by atoms with Gasteiger partial charge in [-0.05, 0) is 35.9 Å². The number of phenolic OH excluding ortho intramolecular Hbond substituents is 4. The Morgan fingerprint density at radius 3 is 2.25 bits per heavy atom. The highest BCUT2D eigenvalue weighted by molar-refractivity contribution is 6.09. The van der Waals surface area contributed by atoms with Crippen LogP contribution in [0.1, 0.15) is 15.9 Å². The lowest BCUT2D eigenvalue weighted by Gasteiger charge is -2.39. The van der Waals surface area contributed by atoms with Crippen LogP contribution in [-0.4, -0.2) is 79.5 Å². The third kappa shape index (κ3) is 4.61. The van der Waals surface area contributed by atoms with Crippen LogP contribution in [-0.2, 0) is 9.47 Å².